The maximum absolute atomic E-state index is 13.1. The maximum atomic E-state index is 13.1. The highest BCUT2D eigenvalue weighted by atomic mass is 32.1. The van der Waals surface area contributed by atoms with Crippen molar-refractivity contribution in [2.24, 2.45) is 0 Å². The Morgan fingerprint density at radius 3 is 2.50 bits per heavy atom. The molecule has 0 bridgehead atoms. The van der Waals surface area contributed by atoms with E-state index in [1.807, 2.05) is 68.1 Å². The molecule has 1 fully saturated rings. The summed E-state index contributed by atoms with van der Waals surface area (Å²) >= 11 is 1.36. The number of carbonyl (C=O) groups excluding carboxylic acids is 2. The van der Waals surface area contributed by atoms with Crippen molar-refractivity contribution in [1.29, 1.82) is 0 Å². The highest BCUT2D eigenvalue weighted by Crippen LogP contribution is 2.30. The summed E-state index contributed by atoms with van der Waals surface area (Å²) in [6.45, 7) is 7.87. The average Bonchev–Trinajstić information content (AvgIpc) is 3.46. The molecule has 1 aliphatic heterocycles. The van der Waals surface area contributed by atoms with Crippen molar-refractivity contribution in [3.8, 4) is 16.3 Å². The lowest BCUT2D eigenvalue weighted by molar-refractivity contribution is 0.0791. The fourth-order valence-electron chi connectivity index (χ4n) is 3.86. The SMILES string of the molecule is CCOc1ccc(-c2nc(C)c(C(=O)Nc3cccc(C(=O)N4CCCC4)c3C)s2)cc1. The van der Waals surface area contributed by atoms with Gasteiger partial charge in [0.05, 0.1) is 12.3 Å². The van der Waals surface area contributed by atoms with E-state index in [9.17, 15) is 9.59 Å². The van der Waals surface area contributed by atoms with Crippen LogP contribution in [0.2, 0.25) is 0 Å². The second kappa shape index (κ2) is 9.53. The zero-order chi connectivity index (χ0) is 22.7. The van der Waals surface area contributed by atoms with E-state index in [1.165, 1.54) is 11.3 Å². The Morgan fingerprint density at radius 1 is 1.09 bits per heavy atom. The summed E-state index contributed by atoms with van der Waals surface area (Å²) in [5.74, 6) is 0.621. The van der Waals surface area contributed by atoms with Crippen LogP contribution >= 0.6 is 11.3 Å². The summed E-state index contributed by atoms with van der Waals surface area (Å²) < 4.78 is 5.49. The molecule has 2 aromatic carbocycles. The van der Waals surface area contributed by atoms with Gasteiger partial charge >= 0.3 is 0 Å². The van der Waals surface area contributed by atoms with Crippen molar-refractivity contribution in [3.63, 3.8) is 0 Å². The Hall–Kier alpha value is -3.19. The molecule has 0 saturated carbocycles. The molecule has 7 heteroatoms. The molecule has 1 N–H and O–H groups in total. The van der Waals surface area contributed by atoms with Crippen molar-refractivity contribution in [2.45, 2.75) is 33.6 Å². The standard InChI is InChI=1S/C25H27N3O3S/c1-4-31-19-12-10-18(11-13-19)24-26-17(3)22(32-24)23(29)27-21-9-7-8-20(16(21)2)25(30)28-14-5-6-15-28/h7-13H,4-6,14-15H2,1-3H3,(H,27,29). The lowest BCUT2D eigenvalue weighted by Crippen LogP contribution is -2.28. The van der Waals surface area contributed by atoms with Gasteiger partial charge in [0.15, 0.2) is 0 Å². The van der Waals surface area contributed by atoms with Crippen LogP contribution in [0, 0.1) is 13.8 Å². The highest BCUT2D eigenvalue weighted by molar-refractivity contribution is 7.17. The Morgan fingerprint density at radius 2 is 1.81 bits per heavy atom. The predicted octanol–water partition coefficient (Wildman–Crippen LogP) is 5.31. The summed E-state index contributed by atoms with van der Waals surface area (Å²) in [4.78, 5) is 32.9. The molecule has 0 aliphatic carbocycles. The molecule has 0 spiro atoms. The van der Waals surface area contributed by atoms with Gasteiger partial charge in [-0.05, 0) is 75.6 Å². The lowest BCUT2D eigenvalue weighted by Gasteiger charge is -2.18. The lowest BCUT2D eigenvalue weighted by atomic mass is 10.1. The number of likely N-dealkylation sites (tertiary alicyclic amines) is 1. The molecule has 4 rings (SSSR count). The summed E-state index contributed by atoms with van der Waals surface area (Å²) in [5, 5.41) is 3.77. The van der Waals surface area contributed by atoms with Crippen LogP contribution in [0.25, 0.3) is 10.6 Å². The molecule has 3 aromatic rings. The van der Waals surface area contributed by atoms with E-state index >= 15 is 0 Å². The molecular weight excluding hydrogens is 422 g/mol. The number of nitrogens with one attached hydrogen (secondary N) is 1. The minimum atomic E-state index is -0.217. The van der Waals surface area contributed by atoms with E-state index in [-0.39, 0.29) is 11.8 Å². The number of hydrogen-bond acceptors (Lipinski definition) is 5. The van der Waals surface area contributed by atoms with Gasteiger partial charge in [0, 0.05) is 29.9 Å². The van der Waals surface area contributed by atoms with E-state index < -0.39 is 0 Å². The molecule has 1 saturated heterocycles. The van der Waals surface area contributed by atoms with Crippen molar-refractivity contribution in [3.05, 3.63) is 64.2 Å². The molecule has 0 atom stereocenters. The molecular formula is C25H27N3O3S. The number of thiazole rings is 1. The molecule has 166 valence electrons. The number of amides is 2. The van der Waals surface area contributed by atoms with Crippen LogP contribution in [0.15, 0.2) is 42.5 Å². The number of nitrogens with zero attached hydrogens (tertiary/aromatic N) is 2. The fraction of sp³-hybridized carbons (Fsp3) is 0.320. The quantitative estimate of drug-likeness (QED) is 0.553. The second-order valence-corrected chi connectivity index (χ2v) is 8.82. The van der Waals surface area contributed by atoms with Gasteiger partial charge in [-0.3, -0.25) is 9.59 Å². The maximum Gasteiger partial charge on any atom is 0.267 e. The van der Waals surface area contributed by atoms with Crippen molar-refractivity contribution >= 4 is 28.8 Å². The third-order valence-electron chi connectivity index (χ3n) is 5.62. The van der Waals surface area contributed by atoms with Crippen LogP contribution in [0.3, 0.4) is 0 Å². The number of rotatable bonds is 6. The summed E-state index contributed by atoms with van der Waals surface area (Å²) in [7, 11) is 0. The first-order valence-corrected chi connectivity index (χ1v) is 11.7. The van der Waals surface area contributed by atoms with Crippen LogP contribution in [0.5, 0.6) is 5.75 Å². The van der Waals surface area contributed by atoms with Gasteiger partial charge in [0.25, 0.3) is 11.8 Å². The second-order valence-electron chi connectivity index (χ2n) is 7.82. The fourth-order valence-corrected chi connectivity index (χ4v) is 4.83. The van der Waals surface area contributed by atoms with E-state index in [2.05, 4.69) is 10.3 Å². The minimum Gasteiger partial charge on any atom is -0.494 e. The van der Waals surface area contributed by atoms with Gasteiger partial charge in [-0.15, -0.1) is 11.3 Å². The first kappa shape index (κ1) is 22.0. The molecule has 32 heavy (non-hydrogen) atoms. The topological polar surface area (TPSA) is 71.5 Å². The molecule has 6 nitrogen and oxygen atoms in total. The molecule has 0 unspecified atom stereocenters. The third kappa shape index (κ3) is 4.53. The number of aryl methyl sites for hydroxylation is 1. The van der Waals surface area contributed by atoms with Gasteiger partial charge in [0.1, 0.15) is 15.6 Å². The average molecular weight is 450 g/mol. The number of anilines is 1. The Balaban J connectivity index is 1.53. The van der Waals surface area contributed by atoms with E-state index in [1.54, 1.807) is 0 Å². The normalized spacial score (nSPS) is 13.3. The van der Waals surface area contributed by atoms with Gasteiger partial charge < -0.3 is 15.0 Å². The van der Waals surface area contributed by atoms with Gasteiger partial charge in [0.2, 0.25) is 0 Å². The first-order valence-electron chi connectivity index (χ1n) is 10.9. The van der Waals surface area contributed by atoms with Gasteiger partial charge in [-0.1, -0.05) is 6.07 Å². The Kier molecular flexibility index (Phi) is 6.55. The number of ether oxygens (including phenoxy) is 1. The third-order valence-corrected chi connectivity index (χ3v) is 6.83. The summed E-state index contributed by atoms with van der Waals surface area (Å²) in [5.41, 5.74) is 3.69. The number of hydrogen-bond donors (Lipinski definition) is 1. The smallest absolute Gasteiger partial charge is 0.267 e. The summed E-state index contributed by atoms with van der Waals surface area (Å²) in [6.07, 6.45) is 2.09. The molecule has 1 aliphatic rings. The Bertz CT molecular complexity index is 1130. The van der Waals surface area contributed by atoms with Gasteiger partial charge in [-0.2, -0.15) is 0 Å². The van der Waals surface area contributed by atoms with E-state index in [0.717, 1.165) is 47.8 Å². The molecule has 2 heterocycles. The Labute approximate surface area is 192 Å². The zero-order valence-electron chi connectivity index (χ0n) is 18.6. The van der Waals surface area contributed by atoms with E-state index in [0.29, 0.717) is 28.4 Å². The van der Waals surface area contributed by atoms with Crippen LogP contribution in [-0.4, -0.2) is 41.4 Å². The molecule has 0 radical (unpaired) electrons. The minimum absolute atomic E-state index is 0.0304. The zero-order valence-corrected chi connectivity index (χ0v) is 19.4. The van der Waals surface area contributed by atoms with Crippen LogP contribution in [0.4, 0.5) is 5.69 Å². The number of benzene rings is 2. The largest absolute Gasteiger partial charge is 0.494 e. The van der Waals surface area contributed by atoms with Crippen molar-refractivity contribution < 1.29 is 14.3 Å². The van der Waals surface area contributed by atoms with Gasteiger partial charge in [-0.25, -0.2) is 4.98 Å². The monoisotopic (exact) mass is 449 g/mol. The summed E-state index contributed by atoms with van der Waals surface area (Å²) in [6, 6.07) is 13.2. The first-order chi connectivity index (χ1) is 15.5. The number of aromatic nitrogens is 1. The predicted molar refractivity (Wildman–Crippen MR) is 128 cm³/mol. The van der Waals surface area contributed by atoms with Crippen molar-refractivity contribution in [1.82, 2.24) is 9.88 Å². The van der Waals surface area contributed by atoms with E-state index in [4.69, 9.17) is 4.74 Å². The number of carbonyl (C=O) groups is 2. The van der Waals surface area contributed by atoms with Crippen LogP contribution in [0.1, 0.15) is 51.1 Å². The molecule has 2 amide bonds. The van der Waals surface area contributed by atoms with Crippen molar-refractivity contribution in [2.75, 3.05) is 25.0 Å². The van der Waals surface area contributed by atoms with Crippen LogP contribution < -0.4 is 10.1 Å². The highest BCUT2D eigenvalue weighted by Gasteiger charge is 2.23. The van der Waals surface area contributed by atoms with Crippen LogP contribution in [-0.2, 0) is 0 Å². The molecule has 1 aromatic heterocycles.